The molecule has 1 aromatic carbocycles. The predicted molar refractivity (Wildman–Crippen MR) is 173 cm³/mol. The lowest BCUT2D eigenvalue weighted by Crippen LogP contribution is -2.55. The fraction of sp³-hybridized carbons (Fsp3) is 0.750. The number of hydrogen-bond donors (Lipinski definition) is 3. The van der Waals surface area contributed by atoms with Crippen LogP contribution in [0.3, 0.4) is 0 Å². The van der Waals surface area contributed by atoms with Crippen molar-refractivity contribution in [1.29, 1.82) is 0 Å². The third-order valence-electron chi connectivity index (χ3n) is 11.0. The highest BCUT2D eigenvalue weighted by molar-refractivity contribution is 5.94. The van der Waals surface area contributed by atoms with Crippen LogP contribution in [-0.2, 0) is 25.4 Å². The number of Topliss-reactive ketones (excluding diaryl/α,β-unsaturated/α-hetero) is 1. The monoisotopic (exact) mass is 648 g/mol. The van der Waals surface area contributed by atoms with E-state index in [9.17, 15) is 29.7 Å². The molecule has 10 atom stereocenters. The van der Waals surface area contributed by atoms with Gasteiger partial charge in [-0.05, 0) is 88.2 Å². The van der Waals surface area contributed by atoms with Crippen LogP contribution in [0.1, 0.15) is 115 Å². The summed E-state index contributed by atoms with van der Waals surface area (Å²) < 4.78 is 23.0. The first-order chi connectivity index (χ1) is 21.6. The summed E-state index contributed by atoms with van der Waals surface area (Å²) in [7, 11) is 1.15. The highest BCUT2D eigenvalue weighted by Gasteiger charge is 2.55. The number of aryl methyl sites for hydroxylation is 2. The van der Waals surface area contributed by atoms with Crippen LogP contribution < -0.4 is 4.74 Å². The Bertz CT molecular complexity index is 1230. The summed E-state index contributed by atoms with van der Waals surface area (Å²) in [4.78, 5) is 37.9. The van der Waals surface area contributed by atoms with Crippen molar-refractivity contribution in [3.05, 3.63) is 28.8 Å². The first-order valence-corrected chi connectivity index (χ1v) is 17.0. The lowest BCUT2D eigenvalue weighted by atomic mass is 9.76. The number of carboxylic acid groups (broad SMARTS) is 1. The molecule has 2 aliphatic rings. The van der Waals surface area contributed by atoms with Crippen molar-refractivity contribution < 1.29 is 48.7 Å². The summed E-state index contributed by atoms with van der Waals surface area (Å²) in [6.07, 6.45) is 1.99. The molecule has 0 spiro atoms. The van der Waals surface area contributed by atoms with Crippen LogP contribution in [0.5, 0.6) is 5.75 Å². The summed E-state index contributed by atoms with van der Waals surface area (Å²) in [5.74, 6) is -2.62. The number of carboxylic acids is 1. The Hall–Kier alpha value is -2.53. The van der Waals surface area contributed by atoms with E-state index in [-0.39, 0.29) is 47.2 Å². The molecule has 260 valence electrons. The third kappa shape index (κ3) is 7.77. The second kappa shape index (κ2) is 15.6. The van der Waals surface area contributed by atoms with Gasteiger partial charge in [0, 0.05) is 11.8 Å². The van der Waals surface area contributed by atoms with Gasteiger partial charge in [0.1, 0.15) is 11.3 Å². The number of aliphatic hydroxyl groups is 2. The van der Waals surface area contributed by atoms with Gasteiger partial charge in [-0.2, -0.15) is 0 Å². The van der Waals surface area contributed by atoms with Crippen LogP contribution >= 0.6 is 0 Å². The van der Waals surface area contributed by atoms with Crippen LogP contribution in [0.15, 0.2) is 12.1 Å². The predicted octanol–water partition coefficient (Wildman–Crippen LogP) is 6.28. The Morgan fingerprint density at radius 3 is 2.33 bits per heavy atom. The highest BCUT2D eigenvalue weighted by Crippen LogP contribution is 2.48. The van der Waals surface area contributed by atoms with Crippen LogP contribution in [0.25, 0.3) is 0 Å². The number of carbonyl (C=O) groups is 3. The Labute approximate surface area is 274 Å². The maximum Gasteiger partial charge on any atom is 0.513 e. The zero-order chi connectivity index (χ0) is 34.6. The molecule has 2 saturated heterocycles. The first-order valence-electron chi connectivity index (χ1n) is 17.0. The topological polar surface area (TPSA) is 149 Å². The number of methoxy groups -OCH3 is 1. The van der Waals surface area contributed by atoms with Crippen LogP contribution in [0.4, 0.5) is 4.79 Å². The van der Waals surface area contributed by atoms with Gasteiger partial charge >= 0.3 is 12.1 Å². The van der Waals surface area contributed by atoms with E-state index in [1.807, 2.05) is 27.7 Å². The van der Waals surface area contributed by atoms with Crippen molar-refractivity contribution in [3.8, 4) is 5.75 Å². The van der Waals surface area contributed by atoms with E-state index in [1.165, 1.54) is 0 Å². The molecule has 0 aliphatic carbocycles. The Kier molecular flexibility index (Phi) is 12.8. The van der Waals surface area contributed by atoms with Crippen molar-refractivity contribution in [3.63, 3.8) is 0 Å². The molecule has 10 heteroatoms. The van der Waals surface area contributed by atoms with Crippen molar-refractivity contribution in [2.45, 2.75) is 142 Å². The molecule has 1 aromatic rings. The van der Waals surface area contributed by atoms with Crippen molar-refractivity contribution in [2.24, 2.45) is 23.7 Å². The molecule has 0 aromatic heterocycles. The number of hydrogen-bond acceptors (Lipinski definition) is 9. The van der Waals surface area contributed by atoms with Gasteiger partial charge in [-0.15, -0.1) is 0 Å². The number of benzene rings is 1. The third-order valence-corrected chi connectivity index (χ3v) is 11.0. The molecule has 2 heterocycles. The van der Waals surface area contributed by atoms with E-state index in [2.05, 4.69) is 18.6 Å². The summed E-state index contributed by atoms with van der Waals surface area (Å²) in [5, 5.41) is 32.2. The van der Waals surface area contributed by atoms with Crippen LogP contribution in [0.2, 0.25) is 0 Å². The normalized spacial score (nSPS) is 30.7. The van der Waals surface area contributed by atoms with Gasteiger partial charge in [-0.3, -0.25) is 4.79 Å². The quantitative estimate of drug-likeness (QED) is 0.155. The van der Waals surface area contributed by atoms with E-state index in [1.54, 1.807) is 26.0 Å². The van der Waals surface area contributed by atoms with Gasteiger partial charge in [0.25, 0.3) is 0 Å². The molecule has 0 amide bonds. The molecule has 46 heavy (non-hydrogen) atoms. The Balaban J connectivity index is 1.71. The molecule has 2 aliphatic heterocycles. The van der Waals surface area contributed by atoms with E-state index in [4.69, 9.17) is 14.2 Å². The molecule has 3 N–H and O–H groups in total. The van der Waals surface area contributed by atoms with Crippen LogP contribution in [0, 0.1) is 30.6 Å². The van der Waals surface area contributed by atoms with Gasteiger partial charge in [0.05, 0.1) is 42.7 Å². The average Bonchev–Trinajstić information content (AvgIpc) is 3.38. The minimum atomic E-state index is -1.23. The van der Waals surface area contributed by atoms with Gasteiger partial charge in [0.15, 0.2) is 5.75 Å². The number of ether oxygens (including phenoxy) is 4. The zero-order valence-corrected chi connectivity index (χ0v) is 29.1. The molecule has 0 bridgehead atoms. The van der Waals surface area contributed by atoms with E-state index in [0.717, 1.165) is 20.0 Å². The lowest BCUT2D eigenvalue weighted by Gasteiger charge is -2.47. The molecule has 0 unspecified atom stereocenters. The maximum absolute atomic E-state index is 14.0. The number of rotatable bonds is 14. The van der Waals surface area contributed by atoms with Gasteiger partial charge in [0.2, 0.25) is 0 Å². The standard InChI is InChI=1S/C36H56O10/c1-10-26(31-22(6)19-36(12-3,46-31)27-17-18-35(42,11-2)24(8)44-27)30(38)23(7)29(37)20(4)13-15-25-16-14-21(5)32(28(25)33(39)40)45-34(41)43-9/h14,16,20,22-24,26-27,29,31,37,42H,10-13,15,17-19H2,1-9H3,(H,39,40)/t20-,22+,23+,24+,26+,27-,29+,31+,35-,36+/m1/s1. The number of aromatic carboxylic acids is 1. The molecule has 0 saturated carbocycles. The minimum absolute atomic E-state index is 0.0424. The Morgan fingerprint density at radius 2 is 1.78 bits per heavy atom. The summed E-state index contributed by atoms with van der Waals surface area (Å²) in [6.45, 7) is 15.3. The van der Waals surface area contributed by atoms with E-state index >= 15 is 0 Å². The Morgan fingerprint density at radius 1 is 1.11 bits per heavy atom. The van der Waals surface area contributed by atoms with Crippen molar-refractivity contribution in [2.75, 3.05) is 7.11 Å². The number of aliphatic hydroxyl groups excluding tert-OH is 1. The smallest absolute Gasteiger partial charge is 0.478 e. The molecule has 10 nitrogen and oxygen atoms in total. The van der Waals surface area contributed by atoms with Gasteiger partial charge in [-0.25, -0.2) is 9.59 Å². The lowest BCUT2D eigenvalue weighted by molar-refractivity contribution is -0.229. The number of carbonyl (C=O) groups excluding carboxylic acids is 2. The van der Waals surface area contributed by atoms with Crippen LogP contribution in [-0.4, -0.2) is 76.0 Å². The van der Waals surface area contributed by atoms with Gasteiger partial charge in [-0.1, -0.05) is 53.7 Å². The fourth-order valence-corrected chi connectivity index (χ4v) is 7.69. The molecule has 2 fully saturated rings. The second-order valence-corrected chi connectivity index (χ2v) is 13.8. The van der Waals surface area contributed by atoms with Gasteiger partial charge < -0.3 is 34.3 Å². The molecule has 0 radical (unpaired) electrons. The summed E-state index contributed by atoms with van der Waals surface area (Å²) in [5.41, 5.74) is -0.561. The fourth-order valence-electron chi connectivity index (χ4n) is 7.69. The minimum Gasteiger partial charge on any atom is -0.478 e. The highest BCUT2D eigenvalue weighted by atomic mass is 16.7. The first kappa shape index (κ1) is 37.9. The van der Waals surface area contributed by atoms with Crippen molar-refractivity contribution >= 4 is 17.9 Å². The average molecular weight is 649 g/mol. The second-order valence-electron chi connectivity index (χ2n) is 13.8. The SMILES string of the molecule is CC[C@@H](C(=O)[C@@H](C)[C@@H](O)[C@H](C)CCc1ccc(C)c(OC(=O)OC)c1C(=O)O)[C@H]1O[C@](CC)([C@H]2CC[C@](O)(CC)[C@H](C)O2)C[C@@H]1C. The summed E-state index contributed by atoms with van der Waals surface area (Å²) >= 11 is 0. The largest absolute Gasteiger partial charge is 0.513 e. The summed E-state index contributed by atoms with van der Waals surface area (Å²) in [6, 6.07) is 3.36. The zero-order valence-electron chi connectivity index (χ0n) is 29.1. The van der Waals surface area contributed by atoms with E-state index < -0.39 is 41.3 Å². The van der Waals surface area contributed by atoms with E-state index in [0.29, 0.717) is 49.7 Å². The molecular formula is C36H56O10. The van der Waals surface area contributed by atoms with Crippen molar-refractivity contribution in [1.82, 2.24) is 0 Å². The molecular weight excluding hydrogens is 592 g/mol. The number of ketones is 1. The maximum atomic E-state index is 14.0. The molecule has 3 rings (SSSR count).